The summed E-state index contributed by atoms with van der Waals surface area (Å²) in [5.74, 6) is 0.929. The summed E-state index contributed by atoms with van der Waals surface area (Å²) in [5, 5.41) is 5.29. The highest BCUT2D eigenvalue weighted by atomic mass is 32.1. The standard InChI is InChI=1S/C19H25NOS/c1-14(2)12-17(18-10-7-11-22-18)20-19(21)13-15(3)16-8-5-4-6-9-16/h4-11,14-15,17H,12-13H2,1-3H3,(H,20,21). The van der Waals surface area contributed by atoms with Crippen molar-refractivity contribution in [3.63, 3.8) is 0 Å². The van der Waals surface area contributed by atoms with E-state index in [-0.39, 0.29) is 17.9 Å². The Hall–Kier alpha value is -1.61. The summed E-state index contributed by atoms with van der Waals surface area (Å²) in [7, 11) is 0. The smallest absolute Gasteiger partial charge is 0.221 e. The fourth-order valence-corrected chi connectivity index (χ4v) is 3.43. The van der Waals surface area contributed by atoms with Crippen LogP contribution >= 0.6 is 11.3 Å². The van der Waals surface area contributed by atoms with Crippen molar-refractivity contribution < 1.29 is 4.79 Å². The second-order valence-electron chi connectivity index (χ2n) is 6.28. The Morgan fingerprint density at radius 3 is 2.41 bits per heavy atom. The van der Waals surface area contributed by atoms with E-state index in [2.05, 4.69) is 49.7 Å². The van der Waals surface area contributed by atoms with Crippen LogP contribution in [-0.2, 0) is 4.79 Å². The first-order valence-electron chi connectivity index (χ1n) is 7.94. The van der Waals surface area contributed by atoms with Crippen molar-refractivity contribution >= 4 is 17.2 Å². The minimum Gasteiger partial charge on any atom is -0.348 e. The zero-order valence-corrected chi connectivity index (χ0v) is 14.4. The summed E-state index contributed by atoms with van der Waals surface area (Å²) < 4.78 is 0. The van der Waals surface area contributed by atoms with Crippen LogP contribution < -0.4 is 5.32 Å². The summed E-state index contributed by atoms with van der Waals surface area (Å²) >= 11 is 1.72. The van der Waals surface area contributed by atoms with Gasteiger partial charge in [-0.15, -0.1) is 11.3 Å². The molecule has 3 heteroatoms. The van der Waals surface area contributed by atoms with E-state index < -0.39 is 0 Å². The van der Waals surface area contributed by atoms with Crippen molar-refractivity contribution in [2.24, 2.45) is 5.92 Å². The maximum Gasteiger partial charge on any atom is 0.221 e. The highest BCUT2D eigenvalue weighted by molar-refractivity contribution is 7.10. The van der Waals surface area contributed by atoms with E-state index in [1.165, 1.54) is 10.4 Å². The lowest BCUT2D eigenvalue weighted by atomic mass is 9.96. The molecule has 1 N–H and O–H groups in total. The molecule has 0 aliphatic heterocycles. The molecule has 1 heterocycles. The predicted octanol–water partition coefficient (Wildman–Crippen LogP) is 5.15. The molecular formula is C19H25NOS. The lowest BCUT2D eigenvalue weighted by Crippen LogP contribution is -2.29. The van der Waals surface area contributed by atoms with Gasteiger partial charge in [0.25, 0.3) is 0 Å². The topological polar surface area (TPSA) is 29.1 Å². The van der Waals surface area contributed by atoms with Gasteiger partial charge in [0.2, 0.25) is 5.91 Å². The third-order valence-corrected chi connectivity index (χ3v) is 4.78. The van der Waals surface area contributed by atoms with Crippen LogP contribution in [0.1, 0.15) is 56.0 Å². The second kappa shape index (κ2) is 8.14. The number of hydrogen-bond acceptors (Lipinski definition) is 2. The van der Waals surface area contributed by atoms with Crippen molar-refractivity contribution in [3.05, 3.63) is 58.3 Å². The normalized spacial score (nSPS) is 13.8. The molecular weight excluding hydrogens is 290 g/mol. The average Bonchev–Trinajstić information content (AvgIpc) is 3.01. The number of rotatable bonds is 7. The second-order valence-corrected chi connectivity index (χ2v) is 7.26. The quantitative estimate of drug-likeness (QED) is 0.752. The van der Waals surface area contributed by atoms with Crippen LogP contribution in [0.4, 0.5) is 0 Å². The minimum absolute atomic E-state index is 0.135. The molecule has 118 valence electrons. The zero-order chi connectivity index (χ0) is 15.9. The maximum absolute atomic E-state index is 12.4. The van der Waals surface area contributed by atoms with Gasteiger partial charge < -0.3 is 5.32 Å². The van der Waals surface area contributed by atoms with Crippen LogP contribution in [0.2, 0.25) is 0 Å². The van der Waals surface area contributed by atoms with Crippen molar-refractivity contribution in [1.29, 1.82) is 0 Å². The average molecular weight is 315 g/mol. The zero-order valence-electron chi connectivity index (χ0n) is 13.6. The summed E-state index contributed by atoms with van der Waals surface area (Å²) in [6.45, 7) is 6.50. The molecule has 2 nitrogen and oxygen atoms in total. The minimum atomic E-state index is 0.135. The molecule has 2 unspecified atom stereocenters. The van der Waals surface area contributed by atoms with Crippen molar-refractivity contribution in [2.45, 2.75) is 45.6 Å². The van der Waals surface area contributed by atoms with Crippen LogP contribution in [0.3, 0.4) is 0 Å². The van der Waals surface area contributed by atoms with Crippen molar-refractivity contribution in [2.75, 3.05) is 0 Å². The van der Waals surface area contributed by atoms with Crippen molar-refractivity contribution in [3.8, 4) is 0 Å². The Kier molecular flexibility index (Phi) is 6.20. The molecule has 0 aliphatic rings. The molecule has 2 atom stereocenters. The van der Waals surface area contributed by atoms with E-state index >= 15 is 0 Å². The largest absolute Gasteiger partial charge is 0.348 e. The van der Waals surface area contributed by atoms with E-state index in [9.17, 15) is 4.79 Å². The molecule has 2 aromatic rings. The molecule has 0 saturated carbocycles. The first kappa shape index (κ1) is 16.8. The molecule has 0 fully saturated rings. The van der Waals surface area contributed by atoms with Gasteiger partial charge >= 0.3 is 0 Å². The summed E-state index contributed by atoms with van der Waals surface area (Å²) in [5.41, 5.74) is 1.22. The lowest BCUT2D eigenvalue weighted by molar-refractivity contribution is -0.122. The van der Waals surface area contributed by atoms with Gasteiger partial charge in [0.05, 0.1) is 6.04 Å². The van der Waals surface area contributed by atoms with Gasteiger partial charge in [-0.05, 0) is 35.3 Å². The molecule has 0 aliphatic carbocycles. The van der Waals surface area contributed by atoms with Gasteiger partial charge in [0, 0.05) is 11.3 Å². The van der Waals surface area contributed by atoms with Crippen LogP contribution in [0.5, 0.6) is 0 Å². The number of amides is 1. The number of carbonyl (C=O) groups excluding carboxylic acids is 1. The van der Waals surface area contributed by atoms with Crippen molar-refractivity contribution in [1.82, 2.24) is 5.32 Å². The Morgan fingerprint density at radius 2 is 1.82 bits per heavy atom. The van der Waals surface area contributed by atoms with E-state index in [0.717, 1.165) is 6.42 Å². The van der Waals surface area contributed by atoms with Crippen LogP contribution in [0.15, 0.2) is 47.8 Å². The summed E-state index contributed by atoms with van der Waals surface area (Å²) in [6.07, 6.45) is 1.51. The molecule has 1 aromatic carbocycles. The fourth-order valence-electron chi connectivity index (χ4n) is 2.64. The highest BCUT2D eigenvalue weighted by Gasteiger charge is 2.18. The van der Waals surface area contributed by atoms with E-state index in [1.807, 2.05) is 24.3 Å². The lowest BCUT2D eigenvalue weighted by Gasteiger charge is -2.21. The first-order valence-corrected chi connectivity index (χ1v) is 8.82. The van der Waals surface area contributed by atoms with Gasteiger partial charge in [0.15, 0.2) is 0 Å². The predicted molar refractivity (Wildman–Crippen MR) is 94.1 cm³/mol. The summed E-state index contributed by atoms with van der Waals surface area (Å²) in [4.78, 5) is 13.7. The molecule has 0 radical (unpaired) electrons. The van der Waals surface area contributed by atoms with Gasteiger partial charge in [-0.1, -0.05) is 57.2 Å². The Morgan fingerprint density at radius 1 is 1.09 bits per heavy atom. The molecule has 1 amide bonds. The van der Waals surface area contributed by atoms with Gasteiger partial charge in [-0.25, -0.2) is 0 Å². The SMILES string of the molecule is CC(C)CC(NC(=O)CC(C)c1ccccc1)c1cccs1. The third kappa shape index (κ3) is 4.99. The van der Waals surface area contributed by atoms with Crippen LogP contribution in [-0.4, -0.2) is 5.91 Å². The van der Waals surface area contributed by atoms with Gasteiger partial charge in [0.1, 0.15) is 0 Å². The number of hydrogen-bond donors (Lipinski definition) is 1. The molecule has 0 bridgehead atoms. The maximum atomic E-state index is 12.4. The van der Waals surface area contributed by atoms with Gasteiger partial charge in [-0.2, -0.15) is 0 Å². The highest BCUT2D eigenvalue weighted by Crippen LogP contribution is 2.26. The fraction of sp³-hybridized carbons (Fsp3) is 0.421. The molecule has 22 heavy (non-hydrogen) atoms. The Labute approximate surface area is 137 Å². The molecule has 1 aromatic heterocycles. The molecule has 0 saturated heterocycles. The molecule has 0 spiro atoms. The van der Waals surface area contributed by atoms with Crippen LogP contribution in [0, 0.1) is 5.92 Å². The number of carbonyl (C=O) groups is 1. The molecule has 2 rings (SSSR count). The Bertz CT molecular complexity index is 562. The monoisotopic (exact) mass is 315 g/mol. The number of nitrogens with one attached hydrogen (secondary N) is 1. The number of thiophene rings is 1. The summed E-state index contributed by atoms with van der Waals surface area (Å²) in [6, 6.07) is 14.5. The third-order valence-electron chi connectivity index (χ3n) is 3.79. The van der Waals surface area contributed by atoms with E-state index in [0.29, 0.717) is 12.3 Å². The van der Waals surface area contributed by atoms with Crippen LogP contribution in [0.25, 0.3) is 0 Å². The van der Waals surface area contributed by atoms with E-state index in [1.54, 1.807) is 11.3 Å². The Balaban J connectivity index is 1.96. The first-order chi connectivity index (χ1) is 10.6. The number of benzene rings is 1. The van der Waals surface area contributed by atoms with Gasteiger partial charge in [-0.3, -0.25) is 4.79 Å². The van der Waals surface area contributed by atoms with E-state index in [4.69, 9.17) is 0 Å².